The molecule has 1 aromatic heterocycles. The molecule has 2 aromatic rings. The van der Waals surface area contributed by atoms with Gasteiger partial charge in [-0.3, -0.25) is 4.98 Å². The first-order valence-corrected chi connectivity index (χ1v) is 7.08. The van der Waals surface area contributed by atoms with Gasteiger partial charge >= 0.3 is 0 Å². The molecule has 0 aliphatic carbocycles. The minimum absolute atomic E-state index is 0.437. The molecule has 0 amide bonds. The lowest BCUT2D eigenvalue weighted by Gasteiger charge is -2.07. The largest absolute Gasteiger partial charge is 0.487 e. The molecule has 0 spiro atoms. The Balaban J connectivity index is 1.86. The molecule has 0 saturated carbocycles. The molecule has 0 fully saturated rings. The molecule has 1 aromatic carbocycles. The fraction of sp³-hybridized carbons (Fsp3) is 0.375. The van der Waals surface area contributed by atoms with E-state index >= 15 is 0 Å². The number of anilines is 1. The first-order valence-electron chi connectivity index (χ1n) is 7.08. The third-order valence-electron chi connectivity index (χ3n) is 2.98. The molecule has 2 rings (SSSR count). The summed E-state index contributed by atoms with van der Waals surface area (Å²) in [5, 5.41) is 3.19. The lowest BCUT2D eigenvalue weighted by atomic mass is 10.2. The summed E-state index contributed by atoms with van der Waals surface area (Å²) in [5.41, 5.74) is 2.13. The molecular weight excluding hydrogens is 250 g/mol. The predicted octanol–water partition coefficient (Wildman–Crippen LogP) is 3.44. The van der Waals surface area contributed by atoms with Crippen molar-refractivity contribution in [3.05, 3.63) is 47.9 Å². The van der Waals surface area contributed by atoms with Gasteiger partial charge < -0.3 is 10.1 Å². The Morgan fingerprint density at radius 1 is 1.05 bits per heavy atom. The van der Waals surface area contributed by atoms with Crippen LogP contribution in [0.1, 0.15) is 31.5 Å². The summed E-state index contributed by atoms with van der Waals surface area (Å²) in [6.45, 7) is 5.60. The molecule has 4 nitrogen and oxygen atoms in total. The number of rotatable bonds is 7. The lowest BCUT2D eigenvalue weighted by molar-refractivity contribution is 0.300. The Hall–Kier alpha value is -2.10. The SMILES string of the molecule is CCCNc1cnc(COc2ccc(CC)cc2)cn1. The number of aromatic nitrogens is 2. The van der Waals surface area contributed by atoms with Gasteiger partial charge in [-0.05, 0) is 30.5 Å². The number of ether oxygens (including phenoxy) is 1. The van der Waals surface area contributed by atoms with Crippen molar-refractivity contribution in [2.75, 3.05) is 11.9 Å². The van der Waals surface area contributed by atoms with Crippen LogP contribution in [0.4, 0.5) is 5.82 Å². The van der Waals surface area contributed by atoms with Crippen LogP contribution in [0.3, 0.4) is 0 Å². The molecule has 106 valence electrons. The van der Waals surface area contributed by atoms with E-state index in [0.717, 1.165) is 36.6 Å². The predicted molar refractivity (Wildman–Crippen MR) is 81.0 cm³/mol. The van der Waals surface area contributed by atoms with Gasteiger partial charge in [-0.25, -0.2) is 4.98 Å². The fourth-order valence-corrected chi connectivity index (χ4v) is 1.75. The van der Waals surface area contributed by atoms with Crippen LogP contribution in [0.25, 0.3) is 0 Å². The van der Waals surface area contributed by atoms with Crippen molar-refractivity contribution in [2.45, 2.75) is 33.3 Å². The summed E-state index contributed by atoms with van der Waals surface area (Å²) >= 11 is 0. The van der Waals surface area contributed by atoms with Crippen molar-refractivity contribution in [1.29, 1.82) is 0 Å². The third kappa shape index (κ3) is 4.23. The second-order valence-corrected chi connectivity index (χ2v) is 4.61. The summed E-state index contributed by atoms with van der Waals surface area (Å²) in [5.74, 6) is 1.67. The molecule has 0 aliphatic heterocycles. The van der Waals surface area contributed by atoms with Gasteiger partial charge in [0.05, 0.1) is 18.1 Å². The maximum absolute atomic E-state index is 5.69. The first-order chi connectivity index (χ1) is 9.81. The average molecular weight is 271 g/mol. The number of nitrogens with zero attached hydrogens (tertiary/aromatic N) is 2. The quantitative estimate of drug-likeness (QED) is 0.838. The van der Waals surface area contributed by atoms with Crippen molar-refractivity contribution in [3.63, 3.8) is 0 Å². The minimum Gasteiger partial charge on any atom is -0.487 e. The van der Waals surface area contributed by atoms with Crippen LogP contribution < -0.4 is 10.1 Å². The van der Waals surface area contributed by atoms with Crippen molar-refractivity contribution >= 4 is 5.82 Å². The Bertz CT molecular complexity index is 508. The standard InChI is InChI=1S/C16H21N3O/c1-3-9-17-16-11-18-14(10-19-16)12-20-15-7-5-13(4-2)6-8-15/h5-8,10-11H,3-4,9,12H2,1-2H3,(H,17,19). The second kappa shape index (κ2) is 7.48. The molecule has 0 atom stereocenters. The molecule has 1 heterocycles. The van der Waals surface area contributed by atoms with E-state index in [0.29, 0.717) is 6.61 Å². The van der Waals surface area contributed by atoms with Crippen molar-refractivity contribution in [1.82, 2.24) is 9.97 Å². The van der Waals surface area contributed by atoms with Gasteiger partial charge in [0, 0.05) is 6.54 Å². The molecule has 0 saturated heterocycles. The topological polar surface area (TPSA) is 47.0 Å². The van der Waals surface area contributed by atoms with Crippen LogP contribution in [-0.4, -0.2) is 16.5 Å². The Morgan fingerprint density at radius 2 is 1.85 bits per heavy atom. The fourth-order valence-electron chi connectivity index (χ4n) is 1.75. The number of hydrogen-bond acceptors (Lipinski definition) is 4. The van der Waals surface area contributed by atoms with Crippen LogP contribution in [0.5, 0.6) is 5.75 Å². The van der Waals surface area contributed by atoms with E-state index in [1.807, 2.05) is 12.1 Å². The smallest absolute Gasteiger partial charge is 0.144 e. The Labute approximate surface area is 120 Å². The molecule has 20 heavy (non-hydrogen) atoms. The Morgan fingerprint density at radius 3 is 2.45 bits per heavy atom. The van der Waals surface area contributed by atoms with Crippen molar-refractivity contribution in [3.8, 4) is 5.75 Å². The Kier molecular flexibility index (Phi) is 5.35. The maximum Gasteiger partial charge on any atom is 0.144 e. The highest BCUT2D eigenvalue weighted by Gasteiger charge is 1.99. The van der Waals surface area contributed by atoms with Gasteiger partial charge in [-0.2, -0.15) is 0 Å². The van der Waals surface area contributed by atoms with E-state index in [-0.39, 0.29) is 0 Å². The summed E-state index contributed by atoms with van der Waals surface area (Å²) in [6.07, 6.45) is 5.60. The molecule has 0 bridgehead atoms. The second-order valence-electron chi connectivity index (χ2n) is 4.61. The van der Waals surface area contributed by atoms with Crippen LogP contribution in [0, 0.1) is 0 Å². The maximum atomic E-state index is 5.69. The van der Waals surface area contributed by atoms with Gasteiger partial charge in [-0.1, -0.05) is 26.0 Å². The van der Waals surface area contributed by atoms with Crippen molar-refractivity contribution in [2.24, 2.45) is 0 Å². The van der Waals surface area contributed by atoms with E-state index in [2.05, 4.69) is 41.3 Å². The lowest BCUT2D eigenvalue weighted by Crippen LogP contribution is -2.04. The normalized spacial score (nSPS) is 10.3. The van der Waals surface area contributed by atoms with E-state index in [9.17, 15) is 0 Å². The summed E-state index contributed by atoms with van der Waals surface area (Å²) in [4.78, 5) is 8.63. The molecule has 0 radical (unpaired) electrons. The third-order valence-corrected chi connectivity index (χ3v) is 2.98. The average Bonchev–Trinajstić information content (AvgIpc) is 2.52. The van der Waals surface area contributed by atoms with Gasteiger partial charge in [0.15, 0.2) is 0 Å². The minimum atomic E-state index is 0.437. The summed E-state index contributed by atoms with van der Waals surface area (Å²) in [6, 6.07) is 8.14. The first kappa shape index (κ1) is 14.3. The number of benzene rings is 1. The molecule has 1 N–H and O–H groups in total. The van der Waals surface area contributed by atoms with E-state index < -0.39 is 0 Å². The zero-order valence-corrected chi connectivity index (χ0v) is 12.1. The number of hydrogen-bond donors (Lipinski definition) is 1. The van der Waals surface area contributed by atoms with Gasteiger partial charge in [0.25, 0.3) is 0 Å². The van der Waals surface area contributed by atoms with Crippen LogP contribution in [0.15, 0.2) is 36.7 Å². The number of aryl methyl sites for hydroxylation is 1. The van der Waals surface area contributed by atoms with Gasteiger partial charge in [0.2, 0.25) is 0 Å². The zero-order valence-electron chi connectivity index (χ0n) is 12.1. The molecule has 4 heteroatoms. The van der Waals surface area contributed by atoms with Crippen molar-refractivity contribution < 1.29 is 4.74 Å². The molecule has 0 aliphatic rings. The van der Waals surface area contributed by atoms with Crippen LogP contribution in [0.2, 0.25) is 0 Å². The molecule has 0 unspecified atom stereocenters. The molecular formula is C16H21N3O. The number of nitrogens with one attached hydrogen (secondary N) is 1. The highest BCUT2D eigenvalue weighted by atomic mass is 16.5. The van der Waals surface area contributed by atoms with E-state index in [4.69, 9.17) is 4.74 Å². The zero-order chi connectivity index (χ0) is 14.2. The summed E-state index contributed by atoms with van der Waals surface area (Å²) < 4.78 is 5.69. The van der Waals surface area contributed by atoms with E-state index in [1.54, 1.807) is 12.4 Å². The highest BCUT2D eigenvalue weighted by Crippen LogP contribution is 2.14. The van der Waals surface area contributed by atoms with Crippen LogP contribution in [-0.2, 0) is 13.0 Å². The highest BCUT2D eigenvalue weighted by molar-refractivity contribution is 5.31. The van der Waals surface area contributed by atoms with Gasteiger partial charge in [-0.15, -0.1) is 0 Å². The van der Waals surface area contributed by atoms with Gasteiger partial charge in [0.1, 0.15) is 18.2 Å². The van der Waals surface area contributed by atoms with Crippen LogP contribution >= 0.6 is 0 Å². The van der Waals surface area contributed by atoms with E-state index in [1.165, 1.54) is 5.56 Å². The monoisotopic (exact) mass is 271 g/mol. The summed E-state index contributed by atoms with van der Waals surface area (Å²) in [7, 11) is 0.